The van der Waals surface area contributed by atoms with Crippen molar-refractivity contribution in [3.8, 4) is 11.5 Å². The molecule has 0 aliphatic carbocycles. The van der Waals surface area contributed by atoms with Crippen molar-refractivity contribution in [3.05, 3.63) is 42.3 Å². The minimum atomic E-state index is 0. The van der Waals surface area contributed by atoms with E-state index in [0.717, 1.165) is 36.2 Å². The van der Waals surface area contributed by atoms with E-state index in [1.807, 2.05) is 30.3 Å². The van der Waals surface area contributed by atoms with Gasteiger partial charge in [-0.15, -0.1) is 24.0 Å². The third-order valence-corrected chi connectivity index (χ3v) is 4.83. The van der Waals surface area contributed by atoms with Gasteiger partial charge < -0.3 is 20.0 Å². The van der Waals surface area contributed by atoms with Crippen LogP contribution in [0.15, 0.2) is 46.0 Å². The lowest BCUT2D eigenvalue weighted by Gasteiger charge is -2.30. The van der Waals surface area contributed by atoms with E-state index in [-0.39, 0.29) is 24.0 Å². The molecule has 2 N–H and O–H groups in total. The molecule has 1 aliphatic heterocycles. The van der Waals surface area contributed by atoms with Crippen LogP contribution in [0.2, 0.25) is 0 Å². The van der Waals surface area contributed by atoms with Gasteiger partial charge in [-0.25, -0.2) is 4.98 Å². The summed E-state index contributed by atoms with van der Waals surface area (Å²) >= 11 is 0. The Morgan fingerprint density at radius 1 is 1.22 bits per heavy atom. The van der Waals surface area contributed by atoms with E-state index in [0.29, 0.717) is 12.4 Å². The van der Waals surface area contributed by atoms with Crippen LogP contribution in [0.5, 0.6) is 0 Å². The Hall–Kier alpha value is -1.61. The first-order valence-corrected chi connectivity index (χ1v) is 9.41. The van der Waals surface area contributed by atoms with Crippen LogP contribution in [0, 0.1) is 5.92 Å². The maximum absolute atomic E-state index is 5.57. The fraction of sp³-hybridized carbons (Fsp3) is 0.500. The van der Waals surface area contributed by atoms with E-state index in [9.17, 15) is 0 Å². The molecule has 0 saturated carbocycles. The number of likely N-dealkylation sites (tertiary alicyclic amines) is 1. The molecule has 3 rings (SSSR count). The molecule has 0 amide bonds. The van der Waals surface area contributed by atoms with Gasteiger partial charge in [0, 0.05) is 25.7 Å². The summed E-state index contributed by atoms with van der Waals surface area (Å²) in [5.41, 5.74) is 1.84. The summed E-state index contributed by atoms with van der Waals surface area (Å²) in [4.78, 5) is 11.3. The second kappa shape index (κ2) is 11.3. The lowest BCUT2D eigenvalue weighted by Crippen LogP contribution is -2.43. The maximum Gasteiger partial charge on any atom is 0.226 e. The fourth-order valence-electron chi connectivity index (χ4n) is 3.11. The quantitative estimate of drug-likeness (QED) is 0.375. The molecule has 27 heavy (non-hydrogen) atoms. The maximum atomic E-state index is 5.57. The highest BCUT2D eigenvalue weighted by atomic mass is 127. The number of nitrogens with zero attached hydrogens (tertiary/aromatic N) is 3. The molecule has 1 aromatic heterocycles. The minimum Gasteiger partial charge on any atom is -0.444 e. The first-order valence-electron chi connectivity index (χ1n) is 9.41. The number of hydrogen-bond donors (Lipinski definition) is 2. The topological polar surface area (TPSA) is 65.7 Å². The molecular weight excluding hydrogens is 453 g/mol. The summed E-state index contributed by atoms with van der Waals surface area (Å²) in [5, 5.41) is 6.67. The second-order valence-electron chi connectivity index (χ2n) is 6.89. The average molecular weight is 483 g/mol. The number of benzene rings is 1. The number of oxazole rings is 1. The molecule has 0 unspecified atom stereocenters. The lowest BCUT2D eigenvalue weighted by atomic mass is 9.99. The van der Waals surface area contributed by atoms with Gasteiger partial charge in [-0.1, -0.05) is 25.1 Å². The van der Waals surface area contributed by atoms with Crippen LogP contribution >= 0.6 is 24.0 Å². The molecule has 2 heterocycles. The molecular formula is C20H30IN5O. The number of piperidine rings is 1. The Balaban J connectivity index is 0.00000261. The van der Waals surface area contributed by atoms with E-state index >= 15 is 0 Å². The van der Waals surface area contributed by atoms with Crippen LogP contribution in [0.3, 0.4) is 0 Å². The van der Waals surface area contributed by atoms with E-state index in [2.05, 4.69) is 32.4 Å². The van der Waals surface area contributed by atoms with Crippen molar-refractivity contribution in [3.63, 3.8) is 0 Å². The van der Waals surface area contributed by atoms with Gasteiger partial charge in [0.15, 0.2) is 5.96 Å². The van der Waals surface area contributed by atoms with Crippen molar-refractivity contribution in [1.82, 2.24) is 20.5 Å². The molecule has 148 valence electrons. The largest absolute Gasteiger partial charge is 0.444 e. The van der Waals surface area contributed by atoms with E-state index in [1.54, 1.807) is 13.3 Å². The molecule has 1 saturated heterocycles. The predicted molar refractivity (Wildman–Crippen MR) is 120 cm³/mol. The van der Waals surface area contributed by atoms with Gasteiger partial charge in [-0.2, -0.15) is 0 Å². The SMILES string of the molecule is CN=C(NCCN1CCC(C)CC1)NCc1coc(-c2ccccc2)n1.I. The second-order valence-corrected chi connectivity index (χ2v) is 6.89. The molecule has 0 radical (unpaired) electrons. The van der Waals surface area contributed by atoms with Crippen LogP contribution in [0.1, 0.15) is 25.5 Å². The third-order valence-electron chi connectivity index (χ3n) is 4.83. The molecule has 0 atom stereocenters. The van der Waals surface area contributed by atoms with Crippen LogP contribution in [0.4, 0.5) is 0 Å². The highest BCUT2D eigenvalue weighted by molar-refractivity contribution is 14.0. The minimum absolute atomic E-state index is 0. The number of guanidine groups is 1. The Labute approximate surface area is 178 Å². The first kappa shape index (κ1) is 21.7. The van der Waals surface area contributed by atoms with Crippen molar-refractivity contribution in [2.45, 2.75) is 26.3 Å². The number of halogens is 1. The van der Waals surface area contributed by atoms with Crippen molar-refractivity contribution in [2.24, 2.45) is 10.9 Å². The summed E-state index contributed by atoms with van der Waals surface area (Å²) in [6, 6.07) is 9.92. The molecule has 2 aromatic rings. The van der Waals surface area contributed by atoms with Crippen molar-refractivity contribution >= 4 is 29.9 Å². The number of aromatic nitrogens is 1. The number of hydrogen-bond acceptors (Lipinski definition) is 4. The molecule has 7 heteroatoms. The molecule has 1 fully saturated rings. The van der Waals surface area contributed by atoms with Gasteiger partial charge in [0.1, 0.15) is 6.26 Å². The summed E-state index contributed by atoms with van der Waals surface area (Å²) in [6.45, 7) is 7.27. The molecule has 0 spiro atoms. The van der Waals surface area contributed by atoms with E-state index < -0.39 is 0 Å². The molecule has 1 aromatic carbocycles. The van der Waals surface area contributed by atoms with Crippen molar-refractivity contribution in [2.75, 3.05) is 33.2 Å². The zero-order chi connectivity index (χ0) is 18.2. The Kier molecular flexibility index (Phi) is 9.06. The van der Waals surface area contributed by atoms with Gasteiger partial charge >= 0.3 is 0 Å². The predicted octanol–water partition coefficient (Wildman–Crippen LogP) is 3.36. The third kappa shape index (κ3) is 6.80. The van der Waals surface area contributed by atoms with Gasteiger partial charge in [0.2, 0.25) is 5.89 Å². The monoisotopic (exact) mass is 483 g/mol. The van der Waals surface area contributed by atoms with Gasteiger partial charge in [0.05, 0.1) is 12.2 Å². The molecule has 0 bridgehead atoms. The number of rotatable bonds is 6. The molecule has 1 aliphatic rings. The highest BCUT2D eigenvalue weighted by Gasteiger charge is 2.15. The summed E-state index contributed by atoms with van der Waals surface area (Å²) in [5.74, 6) is 2.31. The van der Waals surface area contributed by atoms with Gasteiger partial charge in [-0.05, 0) is 44.0 Å². The van der Waals surface area contributed by atoms with Crippen LogP contribution in [0.25, 0.3) is 11.5 Å². The average Bonchev–Trinajstić information content (AvgIpc) is 3.16. The Bertz CT molecular complexity index is 695. The van der Waals surface area contributed by atoms with Crippen LogP contribution in [-0.2, 0) is 6.54 Å². The van der Waals surface area contributed by atoms with Gasteiger partial charge in [0.25, 0.3) is 0 Å². The first-order chi connectivity index (χ1) is 12.7. The standard InChI is InChI=1S/C20H29N5O.HI/c1-16-8-11-25(12-9-16)13-10-22-20(21-2)23-14-18-15-26-19(24-18)17-6-4-3-5-7-17;/h3-7,15-16H,8-14H2,1-2H3,(H2,21,22,23);1H. The summed E-state index contributed by atoms with van der Waals surface area (Å²) in [7, 11) is 1.79. The highest BCUT2D eigenvalue weighted by Crippen LogP contribution is 2.17. The fourth-order valence-corrected chi connectivity index (χ4v) is 3.11. The normalized spacial score (nSPS) is 16.0. The molecule has 6 nitrogen and oxygen atoms in total. The van der Waals surface area contributed by atoms with Crippen molar-refractivity contribution < 1.29 is 4.42 Å². The Morgan fingerprint density at radius 2 is 1.96 bits per heavy atom. The lowest BCUT2D eigenvalue weighted by molar-refractivity contribution is 0.195. The summed E-state index contributed by atoms with van der Waals surface area (Å²) < 4.78 is 5.57. The van der Waals surface area contributed by atoms with Crippen LogP contribution < -0.4 is 10.6 Å². The smallest absolute Gasteiger partial charge is 0.226 e. The van der Waals surface area contributed by atoms with E-state index in [4.69, 9.17) is 4.42 Å². The van der Waals surface area contributed by atoms with Crippen LogP contribution in [-0.4, -0.2) is 49.1 Å². The Morgan fingerprint density at radius 3 is 2.67 bits per heavy atom. The van der Waals surface area contributed by atoms with Crippen molar-refractivity contribution in [1.29, 1.82) is 0 Å². The summed E-state index contributed by atoms with van der Waals surface area (Å²) in [6.07, 6.45) is 4.31. The van der Waals surface area contributed by atoms with E-state index in [1.165, 1.54) is 25.9 Å². The number of nitrogens with one attached hydrogen (secondary N) is 2. The zero-order valence-corrected chi connectivity index (χ0v) is 18.5. The number of aliphatic imine (C=N–C) groups is 1. The van der Waals surface area contributed by atoms with Gasteiger partial charge in [-0.3, -0.25) is 4.99 Å². The zero-order valence-electron chi connectivity index (χ0n) is 16.1.